The highest BCUT2D eigenvalue weighted by molar-refractivity contribution is 7.99. The summed E-state index contributed by atoms with van der Waals surface area (Å²) in [6.07, 6.45) is 2.87. The van der Waals surface area contributed by atoms with Crippen LogP contribution >= 0.6 is 11.8 Å². The van der Waals surface area contributed by atoms with E-state index >= 15 is 0 Å². The van der Waals surface area contributed by atoms with E-state index in [-0.39, 0.29) is 11.3 Å². The third-order valence-electron chi connectivity index (χ3n) is 2.40. The van der Waals surface area contributed by atoms with Gasteiger partial charge in [-0.25, -0.2) is 14.8 Å². The van der Waals surface area contributed by atoms with Gasteiger partial charge in [-0.3, -0.25) is 0 Å². The Labute approximate surface area is 113 Å². The minimum atomic E-state index is -0.953. The molecule has 0 radical (unpaired) electrons. The smallest absolute Gasteiger partial charge is 0.335 e. The summed E-state index contributed by atoms with van der Waals surface area (Å²) >= 11 is 1.30. The van der Waals surface area contributed by atoms with Crippen molar-refractivity contribution in [2.45, 2.75) is 16.8 Å². The van der Waals surface area contributed by atoms with Crippen LogP contribution < -0.4 is 0 Å². The van der Waals surface area contributed by atoms with Crippen LogP contribution in [0.5, 0.6) is 0 Å². The number of aromatic carboxylic acids is 1. The standard InChI is InChI=1S/C13H9N3O2S/c1-8-2-3-10(4-11(8)13(17)18)19-12-7-15-9(5-14)6-16-12/h2-4,6-7H,1H3,(H,17,18). The number of carbonyl (C=O) groups is 1. The predicted molar refractivity (Wildman–Crippen MR) is 69.0 cm³/mol. The van der Waals surface area contributed by atoms with Crippen molar-refractivity contribution in [2.75, 3.05) is 0 Å². The predicted octanol–water partition coefficient (Wildman–Crippen LogP) is 2.51. The fraction of sp³-hybridized carbons (Fsp3) is 0.0769. The Morgan fingerprint density at radius 1 is 1.37 bits per heavy atom. The summed E-state index contributed by atoms with van der Waals surface area (Å²) in [6, 6.07) is 7.07. The van der Waals surface area contributed by atoms with Crippen LogP contribution in [-0.2, 0) is 0 Å². The minimum absolute atomic E-state index is 0.250. The van der Waals surface area contributed by atoms with Gasteiger partial charge in [0.15, 0.2) is 5.69 Å². The lowest BCUT2D eigenvalue weighted by Gasteiger charge is -2.04. The molecular weight excluding hydrogens is 262 g/mol. The number of carboxylic acid groups (broad SMARTS) is 1. The van der Waals surface area contributed by atoms with Crippen LogP contribution in [0.4, 0.5) is 0 Å². The number of aromatic nitrogens is 2. The summed E-state index contributed by atoms with van der Waals surface area (Å²) < 4.78 is 0. The van der Waals surface area contributed by atoms with E-state index in [0.717, 1.165) is 4.90 Å². The molecule has 0 unspecified atom stereocenters. The van der Waals surface area contributed by atoms with Gasteiger partial charge in [-0.15, -0.1) is 0 Å². The molecule has 0 amide bonds. The molecule has 5 nitrogen and oxygen atoms in total. The van der Waals surface area contributed by atoms with Crippen LogP contribution in [0.1, 0.15) is 21.6 Å². The van der Waals surface area contributed by atoms with Gasteiger partial charge in [0.1, 0.15) is 11.1 Å². The van der Waals surface area contributed by atoms with Gasteiger partial charge < -0.3 is 5.11 Å². The molecule has 6 heteroatoms. The molecule has 2 aromatic rings. The Hall–Kier alpha value is -2.39. The molecule has 0 saturated carbocycles. The zero-order valence-electron chi connectivity index (χ0n) is 9.99. The Balaban J connectivity index is 2.25. The van der Waals surface area contributed by atoms with Crippen molar-refractivity contribution in [1.82, 2.24) is 9.97 Å². The lowest BCUT2D eigenvalue weighted by Crippen LogP contribution is -1.99. The molecule has 1 heterocycles. The van der Waals surface area contributed by atoms with Crippen molar-refractivity contribution in [1.29, 1.82) is 5.26 Å². The van der Waals surface area contributed by atoms with Crippen LogP contribution in [-0.4, -0.2) is 21.0 Å². The Morgan fingerprint density at radius 2 is 2.16 bits per heavy atom. The summed E-state index contributed by atoms with van der Waals surface area (Å²) in [7, 11) is 0. The molecule has 0 aliphatic rings. The highest BCUT2D eigenvalue weighted by Crippen LogP contribution is 2.27. The van der Waals surface area contributed by atoms with Crippen molar-refractivity contribution in [3.63, 3.8) is 0 Å². The summed E-state index contributed by atoms with van der Waals surface area (Å²) in [5.74, 6) is -0.953. The average molecular weight is 271 g/mol. The summed E-state index contributed by atoms with van der Waals surface area (Å²) in [4.78, 5) is 19.8. The molecule has 2 rings (SSSR count). The Bertz CT molecular complexity index is 663. The molecule has 1 aromatic carbocycles. The maximum absolute atomic E-state index is 11.0. The van der Waals surface area contributed by atoms with Crippen molar-refractivity contribution < 1.29 is 9.90 Å². The maximum Gasteiger partial charge on any atom is 0.335 e. The largest absolute Gasteiger partial charge is 0.478 e. The monoisotopic (exact) mass is 271 g/mol. The third kappa shape index (κ3) is 3.09. The number of nitriles is 1. The van der Waals surface area contributed by atoms with E-state index in [0.29, 0.717) is 10.6 Å². The van der Waals surface area contributed by atoms with Crippen molar-refractivity contribution in [3.8, 4) is 6.07 Å². The van der Waals surface area contributed by atoms with Crippen LogP contribution in [0, 0.1) is 18.3 Å². The van der Waals surface area contributed by atoms with Crippen LogP contribution in [0.2, 0.25) is 0 Å². The second-order valence-corrected chi connectivity index (χ2v) is 4.83. The van der Waals surface area contributed by atoms with E-state index in [2.05, 4.69) is 9.97 Å². The van der Waals surface area contributed by atoms with Gasteiger partial charge in [0.25, 0.3) is 0 Å². The second kappa shape index (κ2) is 5.50. The number of hydrogen-bond donors (Lipinski definition) is 1. The average Bonchev–Trinajstić information content (AvgIpc) is 2.41. The second-order valence-electron chi connectivity index (χ2n) is 3.74. The van der Waals surface area contributed by atoms with E-state index in [4.69, 9.17) is 10.4 Å². The lowest BCUT2D eigenvalue weighted by molar-refractivity contribution is 0.0696. The quantitative estimate of drug-likeness (QED) is 0.922. The van der Waals surface area contributed by atoms with Crippen molar-refractivity contribution >= 4 is 17.7 Å². The molecule has 0 aliphatic carbocycles. The normalized spacial score (nSPS) is 9.89. The molecule has 0 bridgehead atoms. The SMILES string of the molecule is Cc1ccc(Sc2cnc(C#N)cn2)cc1C(=O)O. The van der Waals surface area contributed by atoms with Crippen molar-refractivity contribution in [2.24, 2.45) is 0 Å². The van der Waals surface area contributed by atoms with E-state index in [1.165, 1.54) is 24.2 Å². The zero-order valence-corrected chi connectivity index (χ0v) is 10.8. The number of rotatable bonds is 3. The number of carboxylic acids is 1. The fourth-order valence-electron chi connectivity index (χ4n) is 1.44. The first-order valence-electron chi connectivity index (χ1n) is 5.34. The molecule has 1 aromatic heterocycles. The first-order valence-corrected chi connectivity index (χ1v) is 6.16. The Morgan fingerprint density at radius 3 is 2.74 bits per heavy atom. The molecule has 0 spiro atoms. The minimum Gasteiger partial charge on any atom is -0.478 e. The highest BCUT2D eigenvalue weighted by Gasteiger charge is 2.09. The summed E-state index contributed by atoms with van der Waals surface area (Å²) in [6.45, 7) is 1.75. The third-order valence-corrected chi connectivity index (χ3v) is 3.31. The van der Waals surface area contributed by atoms with E-state index in [9.17, 15) is 4.79 Å². The zero-order chi connectivity index (χ0) is 13.8. The molecule has 1 N–H and O–H groups in total. The number of nitrogens with zero attached hydrogens (tertiary/aromatic N) is 3. The molecule has 19 heavy (non-hydrogen) atoms. The van der Waals surface area contributed by atoms with Gasteiger partial charge in [-0.05, 0) is 24.6 Å². The summed E-state index contributed by atoms with van der Waals surface area (Å²) in [5, 5.41) is 18.3. The molecule has 0 aliphatic heterocycles. The topological polar surface area (TPSA) is 86.9 Å². The van der Waals surface area contributed by atoms with Crippen LogP contribution in [0.3, 0.4) is 0 Å². The fourth-order valence-corrected chi connectivity index (χ4v) is 2.21. The molecule has 0 atom stereocenters. The first-order chi connectivity index (χ1) is 9.10. The molecule has 0 fully saturated rings. The van der Waals surface area contributed by atoms with Gasteiger partial charge in [-0.1, -0.05) is 17.8 Å². The lowest BCUT2D eigenvalue weighted by atomic mass is 10.1. The number of aryl methyl sites for hydroxylation is 1. The van der Waals surface area contributed by atoms with Gasteiger partial charge in [0.05, 0.1) is 18.0 Å². The van der Waals surface area contributed by atoms with Crippen LogP contribution in [0.15, 0.2) is 40.5 Å². The molecule has 0 saturated heterocycles. The molecule has 94 valence electrons. The van der Waals surface area contributed by atoms with E-state index in [1.54, 1.807) is 19.1 Å². The van der Waals surface area contributed by atoms with Gasteiger partial charge >= 0.3 is 5.97 Å². The highest BCUT2D eigenvalue weighted by atomic mass is 32.2. The van der Waals surface area contributed by atoms with Gasteiger partial charge in [-0.2, -0.15) is 5.26 Å². The number of hydrogen-bond acceptors (Lipinski definition) is 5. The summed E-state index contributed by atoms with van der Waals surface area (Å²) in [5.41, 5.74) is 1.23. The van der Waals surface area contributed by atoms with Gasteiger partial charge in [0.2, 0.25) is 0 Å². The van der Waals surface area contributed by atoms with Gasteiger partial charge in [0, 0.05) is 4.90 Å². The Kier molecular flexibility index (Phi) is 3.78. The van der Waals surface area contributed by atoms with E-state index < -0.39 is 5.97 Å². The molecular formula is C13H9N3O2S. The van der Waals surface area contributed by atoms with Crippen molar-refractivity contribution in [3.05, 3.63) is 47.4 Å². The first kappa shape index (κ1) is 13.1. The van der Waals surface area contributed by atoms with E-state index in [1.807, 2.05) is 12.1 Å². The maximum atomic E-state index is 11.0. The number of benzene rings is 1. The van der Waals surface area contributed by atoms with Crippen LogP contribution in [0.25, 0.3) is 0 Å².